The Morgan fingerprint density at radius 3 is 2.92 bits per heavy atom. The zero-order valence-corrected chi connectivity index (χ0v) is 8.69. The van der Waals surface area contributed by atoms with Gasteiger partial charge in [-0.05, 0) is 19.1 Å². The molecule has 1 radical (unpaired) electrons. The lowest BCUT2D eigenvalue weighted by atomic mass is 10.3. The Morgan fingerprint density at radius 2 is 2.31 bits per heavy atom. The molecule has 1 nitrogen and oxygen atoms in total. The molecule has 0 heterocycles. The molecule has 1 rings (SSSR count). The molecular formula is C10H9Cl2O. The second-order valence-corrected chi connectivity index (χ2v) is 3.19. The van der Waals surface area contributed by atoms with Crippen LogP contribution in [0.25, 0.3) is 0 Å². The fourth-order valence-corrected chi connectivity index (χ4v) is 1.21. The predicted molar refractivity (Wildman–Crippen MR) is 55.6 cm³/mol. The Kier molecular flexibility index (Phi) is 4.13. The lowest BCUT2D eigenvalue weighted by Crippen LogP contribution is -1.93. The Balaban J connectivity index is 2.66. The van der Waals surface area contributed by atoms with Crippen LogP contribution in [0.5, 0.6) is 5.75 Å². The first-order valence-corrected chi connectivity index (χ1v) is 4.60. The third-order valence-corrected chi connectivity index (χ3v) is 1.91. The van der Waals surface area contributed by atoms with E-state index in [1.54, 1.807) is 12.1 Å². The monoisotopic (exact) mass is 215 g/mol. The van der Waals surface area contributed by atoms with Gasteiger partial charge in [-0.1, -0.05) is 35.4 Å². The Labute approximate surface area is 87.9 Å². The summed E-state index contributed by atoms with van der Waals surface area (Å²) in [5.41, 5.74) is 0. The van der Waals surface area contributed by atoms with Crippen LogP contribution >= 0.6 is 23.2 Å². The van der Waals surface area contributed by atoms with Crippen molar-refractivity contribution in [1.29, 1.82) is 0 Å². The molecular weight excluding hydrogens is 207 g/mol. The minimum absolute atomic E-state index is 0.489. The second-order valence-electron chi connectivity index (χ2n) is 2.37. The van der Waals surface area contributed by atoms with Crippen LogP contribution in [-0.4, -0.2) is 6.61 Å². The second kappa shape index (κ2) is 5.15. The zero-order valence-electron chi connectivity index (χ0n) is 7.18. The Bertz CT molecular complexity index is 308. The van der Waals surface area contributed by atoms with Crippen molar-refractivity contribution in [3.8, 4) is 5.75 Å². The average molecular weight is 216 g/mol. The molecule has 0 N–H and O–H groups in total. The first-order chi connectivity index (χ1) is 6.24. The first-order valence-electron chi connectivity index (χ1n) is 3.84. The summed E-state index contributed by atoms with van der Waals surface area (Å²) in [7, 11) is 0. The minimum Gasteiger partial charge on any atom is -0.488 e. The molecule has 0 fully saturated rings. The number of hydrogen-bond donors (Lipinski definition) is 0. The minimum atomic E-state index is 0.489. The average Bonchev–Trinajstić information content (AvgIpc) is 2.09. The summed E-state index contributed by atoms with van der Waals surface area (Å²) in [5, 5.41) is 0.997. The van der Waals surface area contributed by atoms with Crippen molar-refractivity contribution in [3.05, 3.63) is 40.4 Å². The van der Waals surface area contributed by atoms with E-state index in [2.05, 4.69) is 6.07 Å². The van der Waals surface area contributed by atoms with Crippen LogP contribution in [0.3, 0.4) is 0 Å². The number of hydrogen-bond acceptors (Lipinski definition) is 1. The molecule has 1 aromatic carbocycles. The van der Waals surface area contributed by atoms with Crippen molar-refractivity contribution in [2.45, 2.75) is 6.92 Å². The van der Waals surface area contributed by atoms with E-state index in [1.807, 2.05) is 19.1 Å². The van der Waals surface area contributed by atoms with Crippen molar-refractivity contribution in [2.75, 3.05) is 6.61 Å². The maximum absolute atomic E-state index is 5.85. The first kappa shape index (κ1) is 10.4. The third kappa shape index (κ3) is 3.29. The highest BCUT2D eigenvalue weighted by Crippen LogP contribution is 2.26. The van der Waals surface area contributed by atoms with Crippen LogP contribution in [0.1, 0.15) is 6.92 Å². The van der Waals surface area contributed by atoms with Gasteiger partial charge in [0.05, 0.1) is 10.0 Å². The summed E-state index contributed by atoms with van der Waals surface area (Å²) in [6.07, 6.45) is 3.80. The molecule has 13 heavy (non-hydrogen) atoms. The maximum Gasteiger partial charge on any atom is 0.139 e. The Hall–Kier alpha value is -0.660. The van der Waals surface area contributed by atoms with Crippen molar-refractivity contribution < 1.29 is 4.74 Å². The predicted octanol–water partition coefficient (Wildman–Crippen LogP) is 3.75. The summed E-state index contributed by atoms with van der Waals surface area (Å²) in [6, 6.07) is 6.04. The number of halogens is 2. The molecule has 69 valence electrons. The zero-order chi connectivity index (χ0) is 9.68. The van der Waals surface area contributed by atoms with E-state index >= 15 is 0 Å². The van der Waals surface area contributed by atoms with Gasteiger partial charge in [-0.15, -0.1) is 0 Å². The van der Waals surface area contributed by atoms with Gasteiger partial charge in [0.15, 0.2) is 0 Å². The van der Waals surface area contributed by atoms with Crippen LogP contribution in [0.15, 0.2) is 24.3 Å². The fourth-order valence-electron chi connectivity index (χ4n) is 0.772. The van der Waals surface area contributed by atoms with Gasteiger partial charge < -0.3 is 4.74 Å². The van der Waals surface area contributed by atoms with Gasteiger partial charge >= 0.3 is 0 Å². The summed E-state index contributed by atoms with van der Waals surface area (Å²) in [5.74, 6) is 0.601. The molecule has 1 aromatic rings. The van der Waals surface area contributed by atoms with E-state index in [4.69, 9.17) is 27.9 Å². The topological polar surface area (TPSA) is 9.23 Å². The van der Waals surface area contributed by atoms with Gasteiger partial charge in [-0.2, -0.15) is 0 Å². The SMILES string of the molecule is C/C=C/COc1c[c]c(Cl)cc1Cl. The lowest BCUT2D eigenvalue weighted by Gasteiger charge is -2.04. The van der Waals surface area contributed by atoms with Crippen LogP contribution in [0.4, 0.5) is 0 Å². The molecule has 0 saturated heterocycles. The van der Waals surface area contributed by atoms with E-state index in [-0.39, 0.29) is 0 Å². The number of rotatable bonds is 3. The molecule has 0 unspecified atom stereocenters. The molecule has 0 amide bonds. The normalized spacial score (nSPS) is 10.7. The molecule has 0 saturated carbocycles. The molecule has 0 bridgehead atoms. The number of ether oxygens (including phenoxy) is 1. The van der Waals surface area contributed by atoms with E-state index in [0.29, 0.717) is 22.4 Å². The third-order valence-electron chi connectivity index (χ3n) is 1.40. The fraction of sp³-hybridized carbons (Fsp3) is 0.200. The van der Waals surface area contributed by atoms with Crippen LogP contribution in [-0.2, 0) is 0 Å². The molecule has 0 aliphatic carbocycles. The summed E-state index contributed by atoms with van der Waals surface area (Å²) >= 11 is 11.5. The standard InChI is InChI=1S/C10H9Cl2O/c1-2-3-6-13-10-5-4-8(11)7-9(10)12/h2-3,5,7H,6H2,1H3/b3-2+. The van der Waals surface area contributed by atoms with E-state index in [0.717, 1.165) is 0 Å². The van der Waals surface area contributed by atoms with Crippen molar-refractivity contribution in [3.63, 3.8) is 0 Å². The van der Waals surface area contributed by atoms with Crippen LogP contribution in [0.2, 0.25) is 10.0 Å². The number of allylic oxidation sites excluding steroid dienone is 1. The van der Waals surface area contributed by atoms with Crippen molar-refractivity contribution in [1.82, 2.24) is 0 Å². The molecule has 0 atom stereocenters. The highest BCUT2D eigenvalue weighted by Gasteiger charge is 2.00. The van der Waals surface area contributed by atoms with Gasteiger partial charge in [0, 0.05) is 6.07 Å². The van der Waals surface area contributed by atoms with Crippen LogP contribution < -0.4 is 4.74 Å². The largest absolute Gasteiger partial charge is 0.488 e. The summed E-state index contributed by atoms with van der Waals surface area (Å²) in [6.45, 7) is 2.44. The quantitative estimate of drug-likeness (QED) is 0.699. The summed E-state index contributed by atoms with van der Waals surface area (Å²) < 4.78 is 5.32. The van der Waals surface area contributed by atoms with Gasteiger partial charge in [0.1, 0.15) is 12.4 Å². The van der Waals surface area contributed by atoms with E-state index in [1.165, 1.54) is 0 Å². The Morgan fingerprint density at radius 1 is 1.54 bits per heavy atom. The smallest absolute Gasteiger partial charge is 0.139 e. The lowest BCUT2D eigenvalue weighted by molar-refractivity contribution is 0.363. The van der Waals surface area contributed by atoms with Gasteiger partial charge in [0.2, 0.25) is 0 Å². The van der Waals surface area contributed by atoms with Crippen molar-refractivity contribution >= 4 is 23.2 Å². The van der Waals surface area contributed by atoms with E-state index in [9.17, 15) is 0 Å². The molecule has 3 heteroatoms. The van der Waals surface area contributed by atoms with Crippen LogP contribution in [0, 0.1) is 6.07 Å². The van der Waals surface area contributed by atoms with Gasteiger partial charge in [0.25, 0.3) is 0 Å². The van der Waals surface area contributed by atoms with E-state index < -0.39 is 0 Å². The molecule has 0 aliphatic heterocycles. The maximum atomic E-state index is 5.85. The summed E-state index contributed by atoms with van der Waals surface area (Å²) in [4.78, 5) is 0. The van der Waals surface area contributed by atoms with Crippen molar-refractivity contribution in [2.24, 2.45) is 0 Å². The molecule has 0 aliphatic rings. The van der Waals surface area contributed by atoms with Gasteiger partial charge in [-0.3, -0.25) is 0 Å². The van der Waals surface area contributed by atoms with Gasteiger partial charge in [-0.25, -0.2) is 0 Å². The molecule has 0 aromatic heterocycles. The highest BCUT2D eigenvalue weighted by molar-refractivity contribution is 6.35. The highest BCUT2D eigenvalue weighted by atomic mass is 35.5. The molecule has 0 spiro atoms. The number of benzene rings is 1.